The van der Waals surface area contributed by atoms with Crippen LogP contribution in [-0.2, 0) is 12.7 Å². The highest BCUT2D eigenvalue weighted by atomic mass is 19.4. The normalized spacial score (nSPS) is 18.7. The summed E-state index contributed by atoms with van der Waals surface area (Å²) < 4.78 is 38.3. The van der Waals surface area contributed by atoms with E-state index in [4.69, 9.17) is 0 Å². The molecule has 3 rings (SSSR count). The van der Waals surface area contributed by atoms with Crippen molar-refractivity contribution in [3.63, 3.8) is 0 Å². The van der Waals surface area contributed by atoms with Crippen molar-refractivity contribution in [2.24, 2.45) is 5.92 Å². The Morgan fingerprint density at radius 2 is 2.04 bits per heavy atom. The van der Waals surface area contributed by atoms with Gasteiger partial charge in [-0.3, -0.25) is 4.90 Å². The lowest BCUT2D eigenvalue weighted by Gasteiger charge is -2.33. The fourth-order valence-electron chi connectivity index (χ4n) is 3.19. The minimum absolute atomic E-state index is 0.119. The SMILES string of the molecule is O[C@@H](c1ncc[nH]1)C1CCN(Cc2cccc(C(F)(F)F)c2)CC1. The van der Waals surface area contributed by atoms with Gasteiger partial charge in [0.25, 0.3) is 0 Å². The average molecular weight is 339 g/mol. The number of aliphatic hydroxyl groups is 1. The summed E-state index contributed by atoms with van der Waals surface area (Å²) in [6, 6.07) is 5.48. The van der Waals surface area contributed by atoms with Crippen molar-refractivity contribution in [3.8, 4) is 0 Å². The number of H-pyrrole nitrogens is 1. The summed E-state index contributed by atoms with van der Waals surface area (Å²) in [7, 11) is 0. The number of imidazole rings is 1. The van der Waals surface area contributed by atoms with Gasteiger partial charge in [0.15, 0.2) is 0 Å². The van der Waals surface area contributed by atoms with E-state index < -0.39 is 17.8 Å². The minimum atomic E-state index is -4.31. The van der Waals surface area contributed by atoms with E-state index in [1.807, 2.05) is 0 Å². The van der Waals surface area contributed by atoms with Crippen LogP contribution in [0, 0.1) is 5.92 Å². The molecule has 1 aromatic heterocycles. The Labute approximate surface area is 138 Å². The van der Waals surface area contributed by atoms with E-state index in [-0.39, 0.29) is 5.92 Å². The van der Waals surface area contributed by atoms with Crippen LogP contribution in [0.5, 0.6) is 0 Å². The molecule has 0 spiro atoms. The van der Waals surface area contributed by atoms with E-state index in [0.717, 1.165) is 32.0 Å². The van der Waals surface area contributed by atoms with Gasteiger partial charge in [-0.1, -0.05) is 18.2 Å². The average Bonchev–Trinajstić information content (AvgIpc) is 3.09. The molecular formula is C17H20F3N3O. The zero-order chi connectivity index (χ0) is 17.2. The maximum atomic E-state index is 12.8. The van der Waals surface area contributed by atoms with Crippen LogP contribution in [0.25, 0.3) is 0 Å². The van der Waals surface area contributed by atoms with E-state index in [9.17, 15) is 18.3 Å². The molecule has 1 aliphatic heterocycles. The molecule has 0 amide bonds. The lowest BCUT2D eigenvalue weighted by Crippen LogP contribution is -2.35. The van der Waals surface area contributed by atoms with Gasteiger partial charge in [0.1, 0.15) is 11.9 Å². The number of nitrogens with one attached hydrogen (secondary N) is 1. The molecule has 2 N–H and O–H groups in total. The first-order chi connectivity index (χ1) is 11.4. The second-order valence-corrected chi connectivity index (χ2v) is 6.23. The van der Waals surface area contributed by atoms with E-state index in [0.29, 0.717) is 17.9 Å². The van der Waals surface area contributed by atoms with Gasteiger partial charge in [0.2, 0.25) is 0 Å². The Bertz CT molecular complexity index is 649. The number of benzene rings is 1. The molecule has 24 heavy (non-hydrogen) atoms. The zero-order valence-electron chi connectivity index (χ0n) is 13.1. The number of hydrogen-bond acceptors (Lipinski definition) is 3. The third-order valence-electron chi connectivity index (χ3n) is 4.54. The highest BCUT2D eigenvalue weighted by Gasteiger charge is 2.31. The third-order valence-corrected chi connectivity index (χ3v) is 4.54. The largest absolute Gasteiger partial charge is 0.416 e. The van der Waals surface area contributed by atoms with Crippen LogP contribution in [0.15, 0.2) is 36.7 Å². The summed E-state index contributed by atoms with van der Waals surface area (Å²) >= 11 is 0. The minimum Gasteiger partial charge on any atom is -0.385 e. The van der Waals surface area contributed by atoms with Gasteiger partial charge < -0.3 is 10.1 Å². The first kappa shape index (κ1) is 17.0. The molecule has 0 radical (unpaired) electrons. The number of aromatic nitrogens is 2. The number of aromatic amines is 1. The lowest BCUT2D eigenvalue weighted by atomic mass is 9.90. The Morgan fingerprint density at radius 1 is 1.29 bits per heavy atom. The number of rotatable bonds is 4. The maximum absolute atomic E-state index is 12.8. The van der Waals surface area contributed by atoms with Crippen molar-refractivity contribution >= 4 is 0 Å². The topological polar surface area (TPSA) is 52.2 Å². The molecule has 2 heterocycles. The van der Waals surface area contributed by atoms with Crippen molar-refractivity contribution in [2.45, 2.75) is 31.7 Å². The Balaban J connectivity index is 1.56. The number of likely N-dealkylation sites (tertiary alicyclic amines) is 1. The zero-order valence-corrected chi connectivity index (χ0v) is 13.1. The fraction of sp³-hybridized carbons (Fsp3) is 0.471. The highest BCUT2D eigenvalue weighted by molar-refractivity contribution is 5.25. The quantitative estimate of drug-likeness (QED) is 0.898. The molecular weight excluding hydrogens is 319 g/mol. The second-order valence-electron chi connectivity index (χ2n) is 6.23. The number of piperidine rings is 1. The molecule has 4 nitrogen and oxygen atoms in total. The summed E-state index contributed by atoms with van der Waals surface area (Å²) in [6.07, 6.45) is -0.0452. The second kappa shape index (κ2) is 6.94. The summed E-state index contributed by atoms with van der Waals surface area (Å²) in [5, 5.41) is 10.3. The Hall–Kier alpha value is -1.86. The molecule has 2 aromatic rings. The van der Waals surface area contributed by atoms with Crippen LogP contribution in [0.4, 0.5) is 13.2 Å². The molecule has 7 heteroatoms. The maximum Gasteiger partial charge on any atom is 0.416 e. The van der Waals surface area contributed by atoms with Crippen molar-refractivity contribution in [1.82, 2.24) is 14.9 Å². The third kappa shape index (κ3) is 3.96. The van der Waals surface area contributed by atoms with Crippen LogP contribution < -0.4 is 0 Å². The van der Waals surface area contributed by atoms with Crippen molar-refractivity contribution in [3.05, 3.63) is 53.6 Å². The molecule has 0 aliphatic carbocycles. The van der Waals surface area contributed by atoms with Crippen LogP contribution in [0.2, 0.25) is 0 Å². The van der Waals surface area contributed by atoms with Gasteiger partial charge in [0, 0.05) is 18.9 Å². The molecule has 0 bridgehead atoms. The molecule has 1 fully saturated rings. The lowest BCUT2D eigenvalue weighted by molar-refractivity contribution is -0.137. The van der Waals surface area contributed by atoms with Gasteiger partial charge in [-0.2, -0.15) is 13.2 Å². The molecule has 130 valence electrons. The predicted octanol–water partition coefficient (Wildman–Crippen LogP) is 3.37. The Morgan fingerprint density at radius 3 is 2.67 bits per heavy atom. The number of nitrogens with zero attached hydrogens (tertiary/aromatic N) is 2. The molecule has 0 unspecified atom stereocenters. The molecule has 1 atom stereocenters. The van der Waals surface area contributed by atoms with Crippen LogP contribution in [0.3, 0.4) is 0 Å². The van der Waals surface area contributed by atoms with Crippen molar-refractivity contribution in [2.75, 3.05) is 13.1 Å². The molecule has 1 aliphatic rings. The molecule has 1 saturated heterocycles. The first-order valence-corrected chi connectivity index (χ1v) is 7.99. The van der Waals surface area contributed by atoms with Gasteiger partial charge >= 0.3 is 6.18 Å². The summed E-state index contributed by atoms with van der Waals surface area (Å²) in [5.41, 5.74) is 0.0537. The van der Waals surface area contributed by atoms with Gasteiger partial charge in [-0.05, 0) is 43.5 Å². The number of hydrogen-bond donors (Lipinski definition) is 2. The van der Waals surface area contributed by atoms with Gasteiger partial charge in [0.05, 0.1) is 5.56 Å². The van der Waals surface area contributed by atoms with E-state index in [1.165, 1.54) is 12.1 Å². The number of aliphatic hydroxyl groups excluding tert-OH is 1. The monoisotopic (exact) mass is 339 g/mol. The number of alkyl halides is 3. The van der Waals surface area contributed by atoms with Crippen LogP contribution in [0.1, 0.15) is 35.9 Å². The predicted molar refractivity (Wildman–Crippen MR) is 83.0 cm³/mol. The fourth-order valence-corrected chi connectivity index (χ4v) is 3.19. The van der Waals surface area contributed by atoms with E-state index in [1.54, 1.807) is 18.5 Å². The van der Waals surface area contributed by atoms with Crippen LogP contribution in [-0.4, -0.2) is 33.1 Å². The van der Waals surface area contributed by atoms with E-state index in [2.05, 4.69) is 14.9 Å². The van der Waals surface area contributed by atoms with Crippen LogP contribution >= 0.6 is 0 Å². The molecule has 1 aromatic carbocycles. The summed E-state index contributed by atoms with van der Waals surface area (Å²) in [5.74, 6) is 0.695. The standard InChI is InChI=1S/C17H20F3N3O/c18-17(19,20)14-3-1-2-12(10-14)11-23-8-4-13(5-9-23)15(24)16-21-6-7-22-16/h1-3,6-7,10,13,15,24H,4-5,8-9,11H2,(H,21,22)/t15-/m1/s1. The smallest absolute Gasteiger partial charge is 0.385 e. The van der Waals surface area contributed by atoms with Gasteiger partial charge in [-0.25, -0.2) is 4.98 Å². The van der Waals surface area contributed by atoms with E-state index >= 15 is 0 Å². The van der Waals surface area contributed by atoms with Crippen molar-refractivity contribution < 1.29 is 18.3 Å². The summed E-state index contributed by atoms with van der Waals surface area (Å²) in [4.78, 5) is 9.14. The number of halogens is 3. The first-order valence-electron chi connectivity index (χ1n) is 7.99. The van der Waals surface area contributed by atoms with Crippen molar-refractivity contribution in [1.29, 1.82) is 0 Å². The highest BCUT2D eigenvalue weighted by Crippen LogP contribution is 2.31. The van der Waals surface area contributed by atoms with Gasteiger partial charge in [-0.15, -0.1) is 0 Å². The summed E-state index contributed by atoms with van der Waals surface area (Å²) in [6.45, 7) is 1.99. The Kier molecular flexibility index (Phi) is 4.91. The molecule has 0 saturated carbocycles.